The second-order valence-corrected chi connectivity index (χ2v) is 4.34. The van der Waals surface area contributed by atoms with Gasteiger partial charge in [0.1, 0.15) is 0 Å². The van der Waals surface area contributed by atoms with Gasteiger partial charge >= 0.3 is 0 Å². The van der Waals surface area contributed by atoms with Crippen LogP contribution in [0.5, 0.6) is 0 Å². The zero-order chi connectivity index (χ0) is 5.84. The van der Waals surface area contributed by atoms with Gasteiger partial charge in [0.15, 0.2) is 0 Å². The predicted octanol–water partition coefficient (Wildman–Crippen LogP) is 2.13. The van der Waals surface area contributed by atoms with Crippen molar-refractivity contribution in [1.29, 1.82) is 0 Å². The first-order chi connectivity index (χ1) is 4.45. The maximum Gasteiger partial charge on any atom is 0.0307 e. The Bertz CT molecular complexity index is 203. The molecule has 3 rings (SSSR count). The minimum Gasteiger partial charge on any atom is -0.146 e. The second-order valence-electron chi connectivity index (χ2n) is 2.93. The Labute approximate surface area is 59.0 Å². The highest BCUT2D eigenvalue weighted by atomic mass is 32.2. The highest BCUT2D eigenvalue weighted by Gasteiger charge is 2.40. The summed E-state index contributed by atoms with van der Waals surface area (Å²) in [6.07, 6.45) is 7.48. The molecule has 0 saturated carbocycles. The van der Waals surface area contributed by atoms with Crippen molar-refractivity contribution in [1.82, 2.24) is 0 Å². The van der Waals surface area contributed by atoms with E-state index in [0.29, 0.717) is 0 Å². The van der Waals surface area contributed by atoms with Gasteiger partial charge in [0.2, 0.25) is 0 Å². The van der Waals surface area contributed by atoms with Crippen molar-refractivity contribution < 1.29 is 0 Å². The van der Waals surface area contributed by atoms with Crippen LogP contribution in [-0.2, 0) is 0 Å². The van der Waals surface area contributed by atoms with Gasteiger partial charge < -0.3 is 0 Å². The standard InChI is InChI=1S/C8H8S/c1-2-6-5(1)7-3-4-8(6)9-7/h1-2,7-8H,3-4H2. The number of hydrogen-bond acceptors (Lipinski definition) is 1. The zero-order valence-corrected chi connectivity index (χ0v) is 5.95. The fraction of sp³-hybridized carbons (Fsp3) is 0.500. The lowest BCUT2D eigenvalue weighted by Crippen LogP contribution is -2.10. The Morgan fingerprint density at radius 1 is 1.11 bits per heavy atom. The topological polar surface area (TPSA) is 0 Å². The normalized spacial score (nSPS) is 43.6. The maximum absolute atomic E-state index is 2.30. The van der Waals surface area contributed by atoms with Gasteiger partial charge in [-0.25, -0.2) is 0 Å². The third-order valence-corrected chi connectivity index (χ3v) is 4.13. The van der Waals surface area contributed by atoms with E-state index in [9.17, 15) is 0 Å². The van der Waals surface area contributed by atoms with E-state index in [-0.39, 0.29) is 0 Å². The monoisotopic (exact) mass is 136 g/mol. The Hall–Kier alpha value is -0.170. The third-order valence-electron chi connectivity index (χ3n) is 2.49. The van der Waals surface area contributed by atoms with Gasteiger partial charge in [-0.3, -0.25) is 0 Å². The predicted molar refractivity (Wildman–Crippen MR) is 40.6 cm³/mol. The lowest BCUT2D eigenvalue weighted by molar-refractivity contribution is 0.756. The first-order valence-corrected chi connectivity index (χ1v) is 4.47. The molecular weight excluding hydrogens is 128 g/mol. The van der Waals surface area contributed by atoms with Gasteiger partial charge in [0.05, 0.1) is 0 Å². The van der Waals surface area contributed by atoms with E-state index in [1.165, 1.54) is 12.8 Å². The smallest absolute Gasteiger partial charge is 0.0307 e. The molecule has 2 bridgehead atoms. The molecule has 0 aromatic carbocycles. The summed E-state index contributed by atoms with van der Waals surface area (Å²) in [5, 5.41) is 1.82. The van der Waals surface area contributed by atoms with Crippen LogP contribution >= 0.6 is 11.8 Å². The summed E-state index contributed by atoms with van der Waals surface area (Å²) in [4.78, 5) is 0. The van der Waals surface area contributed by atoms with Crippen LogP contribution in [0.25, 0.3) is 0 Å². The van der Waals surface area contributed by atoms with E-state index >= 15 is 0 Å². The average Bonchev–Trinajstić information content (AvgIpc) is 2.18. The fourth-order valence-electron chi connectivity index (χ4n) is 1.96. The summed E-state index contributed by atoms with van der Waals surface area (Å²) in [7, 11) is 0. The van der Waals surface area contributed by atoms with Crippen LogP contribution in [-0.4, -0.2) is 10.5 Å². The van der Waals surface area contributed by atoms with Gasteiger partial charge in [-0.05, 0) is 24.0 Å². The first-order valence-electron chi connectivity index (χ1n) is 3.53. The molecule has 0 spiro atoms. The minimum atomic E-state index is 0.912. The number of rotatable bonds is 0. The Morgan fingerprint density at radius 3 is 2.00 bits per heavy atom. The van der Waals surface area contributed by atoms with E-state index < -0.39 is 0 Å². The van der Waals surface area contributed by atoms with Crippen LogP contribution in [0.2, 0.25) is 0 Å². The molecule has 1 saturated heterocycles. The molecule has 0 radical (unpaired) electrons. The van der Waals surface area contributed by atoms with E-state index in [0.717, 1.165) is 10.5 Å². The molecule has 0 amide bonds. The Kier molecular flexibility index (Phi) is 0.661. The molecule has 9 heavy (non-hydrogen) atoms. The van der Waals surface area contributed by atoms with Crippen molar-refractivity contribution in [2.24, 2.45) is 0 Å². The summed E-state index contributed by atoms with van der Waals surface area (Å²) < 4.78 is 0. The van der Waals surface area contributed by atoms with Crippen molar-refractivity contribution in [2.45, 2.75) is 23.3 Å². The number of fused-ring (bicyclic) bond motifs is 4. The lowest BCUT2D eigenvalue weighted by Gasteiger charge is -2.18. The second kappa shape index (κ2) is 1.29. The molecule has 3 aliphatic rings. The lowest BCUT2D eigenvalue weighted by atomic mass is 9.85. The van der Waals surface area contributed by atoms with Crippen molar-refractivity contribution in [3.8, 4) is 0 Å². The maximum atomic E-state index is 2.30. The molecule has 2 atom stereocenters. The van der Waals surface area contributed by atoms with Gasteiger partial charge in [-0.2, -0.15) is 0 Å². The SMILES string of the molecule is C1=CC2=C1C1CCC2S1. The summed E-state index contributed by atoms with van der Waals surface area (Å²) in [6, 6.07) is 0. The molecule has 2 aliphatic heterocycles. The van der Waals surface area contributed by atoms with Gasteiger partial charge in [-0.1, -0.05) is 12.2 Å². The molecule has 1 heteroatoms. The molecule has 0 aromatic heterocycles. The first kappa shape index (κ1) is 4.62. The van der Waals surface area contributed by atoms with Crippen molar-refractivity contribution in [3.05, 3.63) is 23.3 Å². The molecule has 2 unspecified atom stereocenters. The van der Waals surface area contributed by atoms with Crippen LogP contribution < -0.4 is 0 Å². The van der Waals surface area contributed by atoms with Gasteiger partial charge in [0, 0.05) is 10.5 Å². The van der Waals surface area contributed by atoms with Crippen molar-refractivity contribution >= 4 is 11.8 Å². The van der Waals surface area contributed by atoms with E-state index in [4.69, 9.17) is 0 Å². The Morgan fingerprint density at radius 2 is 1.67 bits per heavy atom. The average molecular weight is 136 g/mol. The van der Waals surface area contributed by atoms with E-state index in [2.05, 4.69) is 23.9 Å². The summed E-state index contributed by atoms with van der Waals surface area (Å²) >= 11 is 2.17. The quantitative estimate of drug-likeness (QED) is 0.491. The molecule has 1 aliphatic carbocycles. The van der Waals surface area contributed by atoms with Crippen LogP contribution in [0.3, 0.4) is 0 Å². The molecule has 0 aromatic rings. The van der Waals surface area contributed by atoms with Gasteiger partial charge in [-0.15, -0.1) is 11.8 Å². The summed E-state index contributed by atoms with van der Waals surface area (Å²) in [6.45, 7) is 0. The molecule has 0 N–H and O–H groups in total. The summed E-state index contributed by atoms with van der Waals surface area (Å²) in [5.41, 5.74) is 3.35. The van der Waals surface area contributed by atoms with Crippen LogP contribution in [0.4, 0.5) is 0 Å². The molecule has 0 nitrogen and oxygen atoms in total. The summed E-state index contributed by atoms with van der Waals surface area (Å²) in [5.74, 6) is 0. The number of allylic oxidation sites excluding steroid dienone is 2. The molecule has 46 valence electrons. The van der Waals surface area contributed by atoms with Crippen molar-refractivity contribution in [3.63, 3.8) is 0 Å². The van der Waals surface area contributed by atoms with E-state index in [1.54, 1.807) is 11.1 Å². The third kappa shape index (κ3) is 0.399. The van der Waals surface area contributed by atoms with Crippen LogP contribution in [0.15, 0.2) is 23.3 Å². The van der Waals surface area contributed by atoms with E-state index in [1.807, 2.05) is 0 Å². The number of thioether (sulfide) groups is 1. The Balaban J connectivity index is 2.13. The van der Waals surface area contributed by atoms with Crippen LogP contribution in [0.1, 0.15) is 12.8 Å². The van der Waals surface area contributed by atoms with Crippen molar-refractivity contribution in [2.75, 3.05) is 0 Å². The molecular formula is C8H8S. The zero-order valence-electron chi connectivity index (χ0n) is 5.13. The highest BCUT2D eigenvalue weighted by molar-refractivity contribution is 8.01. The van der Waals surface area contributed by atoms with Gasteiger partial charge in [0.25, 0.3) is 0 Å². The van der Waals surface area contributed by atoms with Crippen LogP contribution in [0, 0.1) is 0 Å². The highest BCUT2D eigenvalue weighted by Crippen LogP contribution is 2.53. The molecule has 1 fully saturated rings. The largest absolute Gasteiger partial charge is 0.146 e. The molecule has 2 heterocycles. The number of hydrogen-bond donors (Lipinski definition) is 0. The minimum absolute atomic E-state index is 0.912. The fourth-order valence-corrected chi connectivity index (χ4v) is 3.62.